The zero-order valence-electron chi connectivity index (χ0n) is 27.5. The van der Waals surface area contributed by atoms with E-state index >= 15 is 0 Å². The van der Waals surface area contributed by atoms with Gasteiger partial charge in [-0.25, -0.2) is 0 Å². The van der Waals surface area contributed by atoms with Gasteiger partial charge in [-0.15, -0.1) is 0 Å². The maximum absolute atomic E-state index is 7.35. The molecule has 0 spiro atoms. The Morgan fingerprint density at radius 3 is 1.67 bits per heavy atom. The van der Waals surface area contributed by atoms with Gasteiger partial charge in [0, 0.05) is 0 Å². The summed E-state index contributed by atoms with van der Waals surface area (Å²) >= 11 is -2.72. The third-order valence-corrected chi connectivity index (χ3v) is 25.0. The van der Waals surface area contributed by atoms with Crippen LogP contribution in [0.3, 0.4) is 0 Å². The summed E-state index contributed by atoms with van der Waals surface area (Å²) in [6.45, 7) is 10.00. The second-order valence-electron chi connectivity index (χ2n) is 15.9. The Hall–Kier alpha value is 0.457. The van der Waals surface area contributed by atoms with Crippen LogP contribution in [-0.4, -0.2) is 16.6 Å². The molecule has 43 heavy (non-hydrogen) atoms. The van der Waals surface area contributed by atoms with Crippen molar-refractivity contribution in [3.05, 3.63) is 46.0 Å². The van der Waals surface area contributed by atoms with Crippen LogP contribution in [-0.2, 0) is 28.2 Å². The topological polar surface area (TPSA) is 18.5 Å². The average Bonchev–Trinajstić information content (AvgIpc) is 3.52. The summed E-state index contributed by atoms with van der Waals surface area (Å²) in [4.78, 5) is 0. The van der Waals surface area contributed by atoms with Gasteiger partial charge >= 0.3 is 283 Å². The van der Waals surface area contributed by atoms with Gasteiger partial charge in [-0.05, 0) is 0 Å². The van der Waals surface area contributed by atoms with E-state index in [-0.39, 0.29) is 0 Å². The molecule has 6 aliphatic rings. The molecule has 239 valence electrons. The molecule has 2 nitrogen and oxygen atoms in total. The normalized spacial score (nSPS) is 28.3. The van der Waals surface area contributed by atoms with Crippen LogP contribution in [0.4, 0.5) is 0 Å². The zero-order chi connectivity index (χ0) is 30.2. The first-order valence-corrected chi connectivity index (χ1v) is 31.8. The van der Waals surface area contributed by atoms with Gasteiger partial charge in [0.05, 0.1) is 0 Å². The van der Waals surface area contributed by atoms with E-state index in [1.165, 1.54) is 127 Å². The molecule has 7 heteroatoms. The second-order valence-corrected chi connectivity index (χ2v) is 33.5. The van der Waals surface area contributed by atoms with Gasteiger partial charge in [0.2, 0.25) is 0 Å². The van der Waals surface area contributed by atoms with E-state index in [1.807, 2.05) is 0 Å². The summed E-state index contributed by atoms with van der Waals surface area (Å²) in [5.74, 6) is 3.27. The third-order valence-electron chi connectivity index (χ3n) is 12.3. The molecular formula is C36H57Cl2O2Si2Zr. The predicted molar refractivity (Wildman–Crippen MR) is 185 cm³/mol. The van der Waals surface area contributed by atoms with E-state index in [4.69, 9.17) is 25.9 Å². The molecule has 0 aliphatic heterocycles. The fourth-order valence-corrected chi connectivity index (χ4v) is 20.3. The Kier molecular flexibility index (Phi) is 11.1. The summed E-state index contributed by atoms with van der Waals surface area (Å²) in [7, 11) is 10.8. The second kappa shape index (κ2) is 14.3. The fourth-order valence-electron chi connectivity index (χ4n) is 9.73. The van der Waals surface area contributed by atoms with E-state index in [1.54, 1.807) is 22.3 Å². The van der Waals surface area contributed by atoms with Crippen LogP contribution in [0.1, 0.15) is 122 Å². The van der Waals surface area contributed by atoms with Crippen LogP contribution in [0.15, 0.2) is 46.0 Å². The molecule has 0 bridgehead atoms. The van der Waals surface area contributed by atoms with Crippen LogP contribution in [0.25, 0.3) is 0 Å². The average molecular weight is 740 g/mol. The third kappa shape index (κ3) is 7.47. The summed E-state index contributed by atoms with van der Waals surface area (Å²) in [6.07, 6.45) is 29.9. The molecule has 0 amide bonds. The van der Waals surface area contributed by atoms with Gasteiger partial charge in [-0.2, -0.15) is 0 Å². The predicted octanol–water partition coefficient (Wildman–Crippen LogP) is 13.0. The molecule has 0 N–H and O–H groups in total. The van der Waals surface area contributed by atoms with Gasteiger partial charge in [-0.1, -0.05) is 0 Å². The molecule has 6 aliphatic carbocycles. The molecule has 0 aromatic heterocycles. The Morgan fingerprint density at radius 2 is 1.12 bits per heavy atom. The Balaban J connectivity index is 1.28. The molecule has 2 fully saturated rings. The number of hydrogen-bond donors (Lipinski definition) is 0. The number of halogens is 2. The van der Waals surface area contributed by atoms with E-state index in [0.29, 0.717) is 15.5 Å². The monoisotopic (exact) mass is 737 g/mol. The quantitative estimate of drug-likeness (QED) is 0.208. The summed E-state index contributed by atoms with van der Waals surface area (Å²) < 4.78 is 15.0. The van der Waals surface area contributed by atoms with E-state index in [0.717, 1.165) is 17.5 Å². The molecule has 0 radical (unpaired) electrons. The first-order chi connectivity index (χ1) is 20.6. The molecule has 3 unspecified atom stereocenters. The number of hydrogen-bond acceptors (Lipinski definition) is 2. The molecule has 0 aromatic carbocycles. The molecule has 6 rings (SSSR count). The van der Waals surface area contributed by atoms with Crippen molar-refractivity contribution in [1.82, 2.24) is 0 Å². The van der Waals surface area contributed by atoms with Gasteiger partial charge < -0.3 is 0 Å². The van der Waals surface area contributed by atoms with Crippen LogP contribution in [0, 0.1) is 11.8 Å². The molecule has 0 aromatic rings. The Bertz CT molecular complexity index is 1140. The van der Waals surface area contributed by atoms with Gasteiger partial charge in [-0.3, -0.25) is 0 Å². The van der Waals surface area contributed by atoms with E-state index < -0.39 is 36.0 Å². The Labute approximate surface area is 280 Å². The fraction of sp³-hybridized carbons (Fsp3) is 0.778. The summed E-state index contributed by atoms with van der Waals surface area (Å²) in [5, 5.41) is 0. The molecular weight excluding hydrogens is 683 g/mol. The van der Waals surface area contributed by atoms with Crippen molar-refractivity contribution in [2.24, 2.45) is 11.8 Å². The minimum absolute atomic E-state index is 0.313. The van der Waals surface area contributed by atoms with Crippen molar-refractivity contribution in [3.8, 4) is 0 Å². The van der Waals surface area contributed by atoms with Crippen LogP contribution in [0.5, 0.6) is 0 Å². The first kappa shape index (κ1) is 33.4. The number of allylic oxidation sites excluding steroid dienone is 6. The van der Waals surface area contributed by atoms with Crippen molar-refractivity contribution in [3.63, 3.8) is 0 Å². The molecule has 3 atom stereocenters. The SMILES string of the molecule is C[Si](C)(OC1=CC2=C(CCCC2)C1C[CH](C1C(O[Si](C)(C)C2CCCCC2)=CC2=C1CCCC2)[Zr]([Cl])[Cl])C1CCCCC1. The van der Waals surface area contributed by atoms with Crippen molar-refractivity contribution in [2.45, 2.75) is 163 Å². The number of rotatable bonds is 10. The van der Waals surface area contributed by atoms with Crippen molar-refractivity contribution in [1.29, 1.82) is 0 Å². The molecule has 0 saturated heterocycles. The van der Waals surface area contributed by atoms with Crippen LogP contribution >= 0.6 is 17.0 Å². The van der Waals surface area contributed by atoms with Gasteiger partial charge in [0.15, 0.2) is 0 Å². The van der Waals surface area contributed by atoms with Gasteiger partial charge in [0.25, 0.3) is 0 Å². The first-order valence-electron chi connectivity index (χ1n) is 18.1. The minimum atomic E-state index is -2.72. The van der Waals surface area contributed by atoms with Crippen molar-refractivity contribution < 1.29 is 28.2 Å². The molecule has 2 saturated carbocycles. The van der Waals surface area contributed by atoms with E-state index in [9.17, 15) is 0 Å². The van der Waals surface area contributed by atoms with Crippen molar-refractivity contribution in [2.75, 3.05) is 0 Å². The van der Waals surface area contributed by atoms with E-state index in [2.05, 4.69) is 38.3 Å². The van der Waals surface area contributed by atoms with Crippen molar-refractivity contribution >= 4 is 33.7 Å². The van der Waals surface area contributed by atoms with Crippen LogP contribution in [0.2, 0.25) is 40.9 Å². The molecule has 0 heterocycles. The van der Waals surface area contributed by atoms with Gasteiger partial charge in [0.1, 0.15) is 0 Å². The maximum atomic E-state index is 7.35. The van der Waals surface area contributed by atoms with Crippen LogP contribution < -0.4 is 0 Å². The standard InChI is InChI=1S/C36H57O2Si2.2ClH.Zr/c1-39(2,29-17-7-5-8-18-29)37-35-25-27-15-11-13-21-31(27)33(35)23-24-34-32-22-14-12-16-28(32)26-36(34)38-40(3,4)30-19-9-6-10-20-30;;;/h23,25-26,29-30,33-34H,5-22,24H2,1-4H3;2*1H;/q;;;+2/p-2. The zero-order valence-corrected chi connectivity index (χ0v) is 33.5. The summed E-state index contributed by atoms with van der Waals surface area (Å²) in [5.41, 5.74) is 8.04. The summed E-state index contributed by atoms with van der Waals surface area (Å²) in [6, 6.07) is 0. The Morgan fingerprint density at radius 1 is 0.651 bits per heavy atom.